The van der Waals surface area contributed by atoms with Crippen LogP contribution in [0.5, 0.6) is 0 Å². The molecule has 0 aromatic heterocycles. The first-order valence-corrected chi connectivity index (χ1v) is 9.62. The fraction of sp³-hybridized carbons (Fsp3) is 1.00. The topological polar surface area (TPSA) is 109 Å². The van der Waals surface area contributed by atoms with Crippen molar-refractivity contribution in [2.75, 3.05) is 18.4 Å². The first kappa shape index (κ1) is 20.6. The number of hydrogen-bond donors (Lipinski definition) is 4. The Morgan fingerprint density at radius 3 is 2.26 bits per heavy atom. The van der Waals surface area contributed by atoms with Crippen molar-refractivity contribution in [3.05, 3.63) is 0 Å². The summed E-state index contributed by atoms with van der Waals surface area (Å²) >= 11 is 19.6. The molecule has 2 rings (SSSR count). The van der Waals surface area contributed by atoms with Gasteiger partial charge >= 0.3 is 0 Å². The van der Waals surface area contributed by atoms with Crippen molar-refractivity contribution in [2.24, 2.45) is 0 Å². The van der Waals surface area contributed by atoms with Gasteiger partial charge in [-0.05, 0) is 0 Å². The standard InChI is InChI=1S/C12H18Cl3IO7/c13-1-4-7(16)10(20)12(3-14,22-4)23-11-9(19)8(18)6(15)5(2-17)21-11/h4-11,17-20H,1-3H2/t4-,5-,6+,7-,8+,9-,10+,11-,12+/m1/s1. The lowest BCUT2D eigenvalue weighted by molar-refractivity contribution is -0.357. The molecule has 0 radical (unpaired) electrons. The summed E-state index contributed by atoms with van der Waals surface area (Å²) in [6.07, 6.45) is -6.87. The van der Waals surface area contributed by atoms with E-state index >= 15 is 0 Å². The van der Waals surface area contributed by atoms with Gasteiger partial charge in [0.05, 0.1) is 27.9 Å². The third-order valence-electron chi connectivity index (χ3n) is 3.91. The van der Waals surface area contributed by atoms with Gasteiger partial charge in [-0.3, -0.25) is 0 Å². The Morgan fingerprint density at radius 1 is 1.13 bits per heavy atom. The predicted molar refractivity (Wildman–Crippen MR) is 91.3 cm³/mol. The van der Waals surface area contributed by atoms with Crippen LogP contribution in [0, 0.1) is 0 Å². The zero-order valence-electron chi connectivity index (χ0n) is 11.8. The fourth-order valence-electron chi connectivity index (χ4n) is 2.53. The van der Waals surface area contributed by atoms with Gasteiger partial charge in [-0.15, -0.1) is 34.8 Å². The summed E-state index contributed by atoms with van der Waals surface area (Å²) in [7, 11) is 0. The molecule has 0 aromatic carbocycles. The van der Waals surface area contributed by atoms with E-state index in [1.165, 1.54) is 0 Å². The largest absolute Gasteiger partial charge is 0.394 e. The van der Waals surface area contributed by atoms with E-state index in [0.717, 1.165) is 0 Å². The molecule has 2 aliphatic heterocycles. The van der Waals surface area contributed by atoms with Gasteiger partial charge in [0.15, 0.2) is 6.29 Å². The van der Waals surface area contributed by atoms with Crippen molar-refractivity contribution >= 4 is 57.4 Å². The van der Waals surface area contributed by atoms with Crippen molar-refractivity contribution in [1.29, 1.82) is 0 Å². The van der Waals surface area contributed by atoms with Gasteiger partial charge in [-0.2, -0.15) is 0 Å². The zero-order valence-corrected chi connectivity index (χ0v) is 16.2. The third kappa shape index (κ3) is 3.87. The molecule has 23 heavy (non-hydrogen) atoms. The molecular weight excluding hydrogens is 489 g/mol. The van der Waals surface area contributed by atoms with Crippen LogP contribution in [0.1, 0.15) is 0 Å². The average Bonchev–Trinajstić information content (AvgIpc) is 2.80. The summed E-state index contributed by atoms with van der Waals surface area (Å²) in [5.74, 6) is -1.79. The Balaban J connectivity index is 2.18. The Hall–Kier alpha value is 1.32. The molecule has 0 bridgehead atoms. The highest BCUT2D eigenvalue weighted by Crippen LogP contribution is 2.40. The molecule has 11 heteroatoms. The van der Waals surface area contributed by atoms with E-state index in [4.69, 9.17) is 49.0 Å². The lowest BCUT2D eigenvalue weighted by Crippen LogP contribution is -2.61. The minimum absolute atomic E-state index is 0.117. The van der Waals surface area contributed by atoms with Gasteiger partial charge in [0.25, 0.3) is 0 Å². The van der Waals surface area contributed by atoms with Gasteiger partial charge in [-0.25, -0.2) is 0 Å². The molecule has 2 saturated heterocycles. The Kier molecular flexibility index (Phi) is 7.48. The SMILES string of the molecule is OC[C@H]1O[C@H](O[C@]2(CCl)O[C@H](CCl)[C@@H](I)[C@@H]2O)[C@H](O)[C@@H](O)[C@H]1Cl. The van der Waals surface area contributed by atoms with Crippen LogP contribution < -0.4 is 0 Å². The molecule has 4 N–H and O–H groups in total. The second kappa shape index (κ2) is 8.34. The lowest BCUT2D eigenvalue weighted by Gasteiger charge is -2.43. The normalized spacial score (nSPS) is 51.1. The molecule has 7 nitrogen and oxygen atoms in total. The van der Waals surface area contributed by atoms with E-state index in [-0.39, 0.29) is 15.7 Å². The van der Waals surface area contributed by atoms with Crippen molar-refractivity contribution in [2.45, 2.75) is 51.9 Å². The Bertz CT molecular complexity index is 407. The molecule has 136 valence electrons. The van der Waals surface area contributed by atoms with Crippen LogP contribution in [0.3, 0.4) is 0 Å². The van der Waals surface area contributed by atoms with Crippen LogP contribution in [-0.2, 0) is 14.2 Å². The molecule has 0 spiro atoms. The summed E-state index contributed by atoms with van der Waals surface area (Å²) in [5, 5.41) is 38.7. The second-order valence-electron chi connectivity index (χ2n) is 5.41. The maximum atomic E-state index is 10.4. The zero-order chi connectivity index (χ0) is 17.4. The van der Waals surface area contributed by atoms with Crippen molar-refractivity contribution in [3.8, 4) is 0 Å². The first-order valence-electron chi connectivity index (χ1n) is 6.87. The second-order valence-corrected chi connectivity index (χ2v) is 7.93. The molecule has 2 heterocycles. The molecule has 0 saturated carbocycles. The molecule has 2 aliphatic rings. The minimum atomic E-state index is -1.66. The number of aliphatic hydroxyl groups is 4. The molecule has 2 fully saturated rings. The molecule has 0 aromatic rings. The van der Waals surface area contributed by atoms with E-state index in [1.807, 2.05) is 22.6 Å². The Morgan fingerprint density at radius 2 is 1.78 bits per heavy atom. The van der Waals surface area contributed by atoms with Gasteiger partial charge in [-0.1, -0.05) is 22.6 Å². The van der Waals surface area contributed by atoms with Gasteiger partial charge in [0, 0.05) is 5.88 Å². The van der Waals surface area contributed by atoms with Crippen LogP contribution in [0.15, 0.2) is 0 Å². The molecule has 9 atom stereocenters. The number of aliphatic hydroxyl groups excluding tert-OH is 4. The number of alkyl halides is 4. The summed E-state index contributed by atoms with van der Waals surface area (Å²) < 4.78 is 16.2. The van der Waals surface area contributed by atoms with E-state index in [0.29, 0.717) is 0 Å². The number of ether oxygens (including phenoxy) is 3. The molecule has 0 unspecified atom stereocenters. The first-order chi connectivity index (χ1) is 10.8. The summed E-state index contributed by atoms with van der Waals surface area (Å²) in [5.41, 5.74) is 0. The van der Waals surface area contributed by atoms with Gasteiger partial charge < -0.3 is 34.6 Å². The van der Waals surface area contributed by atoms with Crippen LogP contribution >= 0.6 is 57.4 Å². The molecule has 0 aliphatic carbocycles. The smallest absolute Gasteiger partial charge is 0.212 e. The maximum absolute atomic E-state index is 10.4. The van der Waals surface area contributed by atoms with E-state index in [9.17, 15) is 20.4 Å². The quantitative estimate of drug-likeness (QED) is 0.301. The van der Waals surface area contributed by atoms with Crippen molar-refractivity contribution in [1.82, 2.24) is 0 Å². The van der Waals surface area contributed by atoms with Gasteiger partial charge in [0.1, 0.15) is 24.4 Å². The van der Waals surface area contributed by atoms with E-state index in [2.05, 4.69) is 0 Å². The summed E-state index contributed by atoms with van der Waals surface area (Å²) in [4.78, 5) is 0. The third-order valence-corrected chi connectivity index (χ3v) is 6.61. The summed E-state index contributed by atoms with van der Waals surface area (Å²) in [6, 6.07) is 0. The average molecular weight is 508 g/mol. The van der Waals surface area contributed by atoms with Crippen LogP contribution in [-0.4, -0.2) is 90.7 Å². The lowest BCUT2D eigenvalue weighted by atomic mass is 10.0. The number of halogens is 4. The van der Waals surface area contributed by atoms with E-state index < -0.39 is 54.6 Å². The highest BCUT2D eigenvalue weighted by atomic mass is 127. The van der Waals surface area contributed by atoms with Crippen molar-refractivity contribution < 1.29 is 34.6 Å². The van der Waals surface area contributed by atoms with Crippen LogP contribution in [0.25, 0.3) is 0 Å². The highest BCUT2D eigenvalue weighted by Gasteiger charge is 2.57. The molecule has 0 amide bonds. The van der Waals surface area contributed by atoms with E-state index in [1.54, 1.807) is 0 Å². The Labute approximate surface area is 161 Å². The monoisotopic (exact) mass is 506 g/mol. The van der Waals surface area contributed by atoms with Crippen LogP contribution in [0.4, 0.5) is 0 Å². The number of hydrogen-bond acceptors (Lipinski definition) is 7. The summed E-state index contributed by atoms with van der Waals surface area (Å²) in [6.45, 7) is -0.478. The highest BCUT2D eigenvalue weighted by molar-refractivity contribution is 14.1. The fourth-order valence-corrected chi connectivity index (χ4v) is 4.60. The predicted octanol–water partition coefficient (Wildman–Crippen LogP) is -0.213. The van der Waals surface area contributed by atoms with Gasteiger partial charge in [0.2, 0.25) is 5.79 Å². The van der Waals surface area contributed by atoms with Crippen molar-refractivity contribution in [3.63, 3.8) is 0 Å². The molecular formula is C12H18Cl3IO7. The minimum Gasteiger partial charge on any atom is -0.394 e. The van der Waals surface area contributed by atoms with Crippen LogP contribution in [0.2, 0.25) is 0 Å². The maximum Gasteiger partial charge on any atom is 0.212 e. The number of rotatable bonds is 5.